The maximum absolute atomic E-state index is 9.22. The SMILES string of the molecule is CCC(CO)(CO)COCCSCCOCCO. The lowest BCUT2D eigenvalue weighted by Gasteiger charge is -2.27. The van der Waals surface area contributed by atoms with Crippen LogP contribution in [-0.2, 0) is 9.47 Å². The molecule has 0 atom stereocenters. The van der Waals surface area contributed by atoms with Crippen LogP contribution < -0.4 is 0 Å². The zero-order valence-electron chi connectivity index (χ0n) is 11.1. The van der Waals surface area contributed by atoms with Gasteiger partial charge in [0.2, 0.25) is 0 Å². The highest BCUT2D eigenvalue weighted by molar-refractivity contribution is 7.99. The van der Waals surface area contributed by atoms with Gasteiger partial charge in [-0.15, -0.1) is 0 Å². The van der Waals surface area contributed by atoms with Crippen LogP contribution in [0.4, 0.5) is 0 Å². The Balaban J connectivity index is 3.38. The van der Waals surface area contributed by atoms with Crippen molar-refractivity contribution in [1.82, 2.24) is 0 Å². The lowest BCUT2D eigenvalue weighted by Crippen LogP contribution is -2.34. The summed E-state index contributed by atoms with van der Waals surface area (Å²) in [6.45, 7) is 3.91. The van der Waals surface area contributed by atoms with E-state index in [-0.39, 0.29) is 19.8 Å². The number of aliphatic hydroxyl groups excluding tert-OH is 3. The van der Waals surface area contributed by atoms with E-state index >= 15 is 0 Å². The van der Waals surface area contributed by atoms with Crippen molar-refractivity contribution in [2.75, 3.05) is 57.8 Å². The Morgan fingerprint density at radius 2 is 1.56 bits per heavy atom. The fraction of sp³-hybridized carbons (Fsp3) is 1.00. The van der Waals surface area contributed by atoms with E-state index in [0.717, 1.165) is 11.5 Å². The van der Waals surface area contributed by atoms with Crippen molar-refractivity contribution >= 4 is 11.8 Å². The second-order valence-corrected chi connectivity index (χ2v) is 5.40. The Hall–Kier alpha value is 0.150. The average Bonchev–Trinajstić information content (AvgIpc) is 2.42. The first-order chi connectivity index (χ1) is 8.74. The fourth-order valence-corrected chi connectivity index (χ4v) is 1.94. The summed E-state index contributed by atoms with van der Waals surface area (Å²) in [7, 11) is 0. The van der Waals surface area contributed by atoms with Crippen molar-refractivity contribution in [2.24, 2.45) is 5.41 Å². The van der Waals surface area contributed by atoms with Crippen LogP contribution in [0.1, 0.15) is 13.3 Å². The predicted molar refractivity (Wildman–Crippen MR) is 72.9 cm³/mol. The van der Waals surface area contributed by atoms with Crippen molar-refractivity contribution in [1.29, 1.82) is 0 Å². The molecule has 0 heterocycles. The number of ether oxygens (including phenoxy) is 2. The fourth-order valence-electron chi connectivity index (χ4n) is 1.26. The summed E-state index contributed by atoms with van der Waals surface area (Å²) >= 11 is 1.72. The Morgan fingerprint density at radius 3 is 2.06 bits per heavy atom. The van der Waals surface area contributed by atoms with E-state index in [1.54, 1.807) is 11.8 Å². The van der Waals surface area contributed by atoms with Gasteiger partial charge in [0, 0.05) is 16.9 Å². The van der Waals surface area contributed by atoms with Crippen molar-refractivity contribution in [3.63, 3.8) is 0 Å². The van der Waals surface area contributed by atoms with E-state index < -0.39 is 5.41 Å². The first-order valence-corrected chi connectivity index (χ1v) is 7.46. The van der Waals surface area contributed by atoms with Crippen LogP contribution in [0.3, 0.4) is 0 Å². The first-order valence-electron chi connectivity index (χ1n) is 6.30. The summed E-state index contributed by atoms with van der Waals surface area (Å²) in [6.07, 6.45) is 0.697. The molecular formula is C12H26O5S. The second kappa shape index (κ2) is 12.2. The predicted octanol–water partition coefficient (Wildman–Crippen LogP) is 0.126. The Bertz CT molecular complexity index is 168. The monoisotopic (exact) mass is 282 g/mol. The van der Waals surface area contributed by atoms with Gasteiger partial charge in [0.05, 0.1) is 46.2 Å². The summed E-state index contributed by atoms with van der Waals surface area (Å²) in [5.41, 5.74) is -0.505. The lowest BCUT2D eigenvalue weighted by atomic mass is 9.88. The molecule has 0 fully saturated rings. The van der Waals surface area contributed by atoms with Gasteiger partial charge in [0.1, 0.15) is 0 Å². The van der Waals surface area contributed by atoms with Crippen LogP contribution >= 0.6 is 11.8 Å². The van der Waals surface area contributed by atoms with Crippen molar-refractivity contribution in [2.45, 2.75) is 13.3 Å². The molecule has 0 bridgehead atoms. The number of aliphatic hydroxyl groups is 3. The van der Waals surface area contributed by atoms with E-state index in [0.29, 0.717) is 32.8 Å². The molecule has 0 aromatic carbocycles. The van der Waals surface area contributed by atoms with E-state index in [1.165, 1.54) is 0 Å². The standard InChI is InChI=1S/C12H26O5S/c1-2-12(9-14,10-15)11-17-6-8-18-7-5-16-4-3-13/h13-15H,2-11H2,1H3. The highest BCUT2D eigenvalue weighted by Crippen LogP contribution is 2.20. The van der Waals surface area contributed by atoms with Gasteiger partial charge in [-0.2, -0.15) is 11.8 Å². The molecule has 0 spiro atoms. The van der Waals surface area contributed by atoms with E-state index in [9.17, 15) is 10.2 Å². The van der Waals surface area contributed by atoms with Crippen molar-refractivity contribution in [3.05, 3.63) is 0 Å². The number of hydrogen-bond donors (Lipinski definition) is 3. The van der Waals surface area contributed by atoms with Crippen LogP contribution in [0.2, 0.25) is 0 Å². The third kappa shape index (κ3) is 8.29. The summed E-state index contributed by atoms with van der Waals surface area (Å²) in [5.74, 6) is 1.74. The van der Waals surface area contributed by atoms with Gasteiger partial charge < -0.3 is 24.8 Å². The molecule has 0 saturated carbocycles. The van der Waals surface area contributed by atoms with Gasteiger partial charge in [0.15, 0.2) is 0 Å². The van der Waals surface area contributed by atoms with E-state index in [1.807, 2.05) is 6.92 Å². The maximum Gasteiger partial charge on any atom is 0.0698 e. The molecule has 18 heavy (non-hydrogen) atoms. The quantitative estimate of drug-likeness (QED) is 0.417. The Labute approximate surface area is 113 Å². The minimum atomic E-state index is -0.505. The molecule has 110 valence electrons. The van der Waals surface area contributed by atoms with Gasteiger partial charge in [-0.05, 0) is 6.42 Å². The van der Waals surface area contributed by atoms with E-state index in [2.05, 4.69) is 0 Å². The first kappa shape index (κ1) is 18.1. The molecule has 3 N–H and O–H groups in total. The molecule has 5 nitrogen and oxygen atoms in total. The van der Waals surface area contributed by atoms with Crippen molar-refractivity contribution < 1.29 is 24.8 Å². The zero-order valence-corrected chi connectivity index (χ0v) is 12.0. The maximum atomic E-state index is 9.22. The van der Waals surface area contributed by atoms with Crippen LogP contribution in [0.25, 0.3) is 0 Å². The third-order valence-corrected chi connectivity index (χ3v) is 3.72. The number of rotatable bonds is 13. The second-order valence-electron chi connectivity index (χ2n) is 4.17. The molecule has 0 aromatic heterocycles. The molecule has 0 amide bonds. The lowest BCUT2D eigenvalue weighted by molar-refractivity contribution is -0.0259. The van der Waals surface area contributed by atoms with Gasteiger partial charge in [-0.1, -0.05) is 6.92 Å². The highest BCUT2D eigenvalue weighted by atomic mass is 32.2. The van der Waals surface area contributed by atoms with Crippen LogP contribution in [0.5, 0.6) is 0 Å². The van der Waals surface area contributed by atoms with E-state index in [4.69, 9.17) is 14.6 Å². The number of hydrogen-bond acceptors (Lipinski definition) is 6. The minimum absolute atomic E-state index is 0.0534. The molecule has 6 heteroatoms. The highest BCUT2D eigenvalue weighted by Gasteiger charge is 2.26. The molecule has 0 aliphatic carbocycles. The topological polar surface area (TPSA) is 79.2 Å². The zero-order chi connectivity index (χ0) is 13.7. The molecule has 0 radical (unpaired) electrons. The summed E-state index contributed by atoms with van der Waals surface area (Å²) in [5, 5.41) is 26.9. The molecule has 0 unspecified atom stereocenters. The number of thioether (sulfide) groups is 1. The molecular weight excluding hydrogens is 256 g/mol. The smallest absolute Gasteiger partial charge is 0.0698 e. The van der Waals surface area contributed by atoms with Gasteiger partial charge in [-0.25, -0.2) is 0 Å². The molecule has 0 aromatic rings. The summed E-state index contributed by atoms with van der Waals surface area (Å²) < 4.78 is 10.6. The largest absolute Gasteiger partial charge is 0.396 e. The van der Waals surface area contributed by atoms with Gasteiger partial charge in [-0.3, -0.25) is 0 Å². The summed E-state index contributed by atoms with van der Waals surface area (Å²) in [4.78, 5) is 0. The van der Waals surface area contributed by atoms with Gasteiger partial charge in [0.25, 0.3) is 0 Å². The van der Waals surface area contributed by atoms with Gasteiger partial charge >= 0.3 is 0 Å². The van der Waals surface area contributed by atoms with Crippen LogP contribution in [0, 0.1) is 5.41 Å². The minimum Gasteiger partial charge on any atom is -0.396 e. The van der Waals surface area contributed by atoms with Crippen LogP contribution in [0.15, 0.2) is 0 Å². The molecule has 0 aliphatic heterocycles. The molecule has 0 saturated heterocycles. The molecule has 0 rings (SSSR count). The third-order valence-electron chi connectivity index (χ3n) is 2.81. The van der Waals surface area contributed by atoms with Crippen molar-refractivity contribution in [3.8, 4) is 0 Å². The summed E-state index contributed by atoms with van der Waals surface area (Å²) in [6, 6.07) is 0. The van der Waals surface area contributed by atoms with Crippen LogP contribution in [-0.4, -0.2) is 73.1 Å². The Morgan fingerprint density at radius 1 is 0.944 bits per heavy atom. The average molecular weight is 282 g/mol. The molecule has 0 aliphatic rings. The normalized spacial score (nSPS) is 12.0. The Kier molecular flexibility index (Phi) is 12.3.